The summed E-state index contributed by atoms with van der Waals surface area (Å²) in [5, 5.41) is 13.8. The van der Waals surface area contributed by atoms with Gasteiger partial charge in [0, 0.05) is 20.1 Å². The Bertz CT molecular complexity index is 1240. The van der Waals surface area contributed by atoms with Crippen LogP contribution in [0.25, 0.3) is 10.2 Å². The van der Waals surface area contributed by atoms with Gasteiger partial charge in [0.2, 0.25) is 0 Å². The van der Waals surface area contributed by atoms with Crippen LogP contribution in [-0.2, 0) is 11.2 Å². The minimum atomic E-state index is -0.945. The molecule has 0 aliphatic carbocycles. The van der Waals surface area contributed by atoms with Crippen LogP contribution in [0.5, 0.6) is 0 Å². The molecule has 7 heteroatoms. The molecule has 4 aromatic rings. The van der Waals surface area contributed by atoms with Gasteiger partial charge in [-0.1, -0.05) is 67.6 Å². The SMILES string of the molecule is CO[C@@H](CNc1nc(C[C@H](C)c2ccccc2)nc2sc(C(=O)O)c(C)c12)c1ccccc1. The molecule has 0 unspecified atom stereocenters. The van der Waals surface area contributed by atoms with Crippen molar-refractivity contribution in [2.45, 2.75) is 32.3 Å². The van der Waals surface area contributed by atoms with Crippen LogP contribution >= 0.6 is 11.3 Å². The zero-order valence-electron chi connectivity index (χ0n) is 18.9. The molecule has 0 amide bonds. The van der Waals surface area contributed by atoms with Gasteiger partial charge in [0.25, 0.3) is 0 Å². The number of methoxy groups -OCH3 is 1. The summed E-state index contributed by atoms with van der Waals surface area (Å²) in [5.41, 5.74) is 2.96. The van der Waals surface area contributed by atoms with Crippen LogP contribution < -0.4 is 5.32 Å². The third-order valence-corrected chi connectivity index (χ3v) is 6.97. The van der Waals surface area contributed by atoms with Gasteiger partial charge in [-0.2, -0.15) is 0 Å². The molecule has 170 valence electrons. The predicted octanol–water partition coefficient (Wildman–Crippen LogP) is 5.84. The molecule has 0 radical (unpaired) electrons. The Morgan fingerprint density at radius 2 is 1.70 bits per heavy atom. The van der Waals surface area contributed by atoms with Crippen molar-refractivity contribution >= 4 is 33.3 Å². The van der Waals surface area contributed by atoms with Crippen LogP contribution in [0.2, 0.25) is 0 Å². The van der Waals surface area contributed by atoms with Gasteiger partial charge >= 0.3 is 5.97 Å². The zero-order valence-corrected chi connectivity index (χ0v) is 19.7. The van der Waals surface area contributed by atoms with E-state index in [9.17, 15) is 9.90 Å². The van der Waals surface area contributed by atoms with Crippen molar-refractivity contribution in [3.63, 3.8) is 0 Å². The lowest BCUT2D eigenvalue weighted by Crippen LogP contribution is -2.16. The summed E-state index contributed by atoms with van der Waals surface area (Å²) in [7, 11) is 1.68. The molecular weight excluding hydrogens is 434 g/mol. The van der Waals surface area contributed by atoms with E-state index in [4.69, 9.17) is 14.7 Å². The lowest BCUT2D eigenvalue weighted by molar-refractivity contribution is 0.0701. The van der Waals surface area contributed by atoms with Gasteiger partial charge in [0.15, 0.2) is 0 Å². The van der Waals surface area contributed by atoms with E-state index in [1.165, 1.54) is 16.9 Å². The number of benzene rings is 2. The summed E-state index contributed by atoms with van der Waals surface area (Å²) in [4.78, 5) is 22.3. The fourth-order valence-electron chi connectivity index (χ4n) is 3.97. The van der Waals surface area contributed by atoms with Crippen LogP contribution in [0.15, 0.2) is 60.7 Å². The molecule has 33 heavy (non-hydrogen) atoms. The second kappa shape index (κ2) is 10.1. The lowest BCUT2D eigenvalue weighted by atomic mass is 9.97. The highest BCUT2D eigenvalue weighted by atomic mass is 32.1. The molecule has 0 saturated carbocycles. The third kappa shape index (κ3) is 5.05. The molecule has 2 N–H and O–H groups in total. The van der Waals surface area contributed by atoms with Crippen molar-refractivity contribution in [3.05, 3.63) is 88.1 Å². The molecule has 0 spiro atoms. The van der Waals surface area contributed by atoms with E-state index in [-0.39, 0.29) is 12.0 Å². The summed E-state index contributed by atoms with van der Waals surface area (Å²) in [6, 6.07) is 20.2. The Kier molecular flexibility index (Phi) is 7.01. The number of anilines is 1. The average molecular weight is 462 g/mol. The van der Waals surface area contributed by atoms with E-state index in [1.54, 1.807) is 7.11 Å². The smallest absolute Gasteiger partial charge is 0.346 e. The number of aromatic nitrogens is 2. The quantitative estimate of drug-likeness (QED) is 0.326. The highest BCUT2D eigenvalue weighted by Crippen LogP contribution is 2.35. The summed E-state index contributed by atoms with van der Waals surface area (Å²) in [6.07, 6.45) is 0.487. The maximum atomic E-state index is 11.8. The van der Waals surface area contributed by atoms with E-state index in [0.717, 1.165) is 10.9 Å². The van der Waals surface area contributed by atoms with Crippen molar-refractivity contribution < 1.29 is 14.6 Å². The molecule has 2 aromatic carbocycles. The van der Waals surface area contributed by atoms with Crippen LogP contribution in [0.3, 0.4) is 0 Å². The normalized spacial score (nSPS) is 13.1. The van der Waals surface area contributed by atoms with Crippen molar-refractivity contribution in [3.8, 4) is 0 Å². The molecular formula is C26H27N3O3S. The van der Waals surface area contributed by atoms with E-state index >= 15 is 0 Å². The summed E-state index contributed by atoms with van der Waals surface area (Å²) >= 11 is 1.20. The van der Waals surface area contributed by atoms with E-state index in [2.05, 4.69) is 24.4 Å². The number of carbonyl (C=O) groups is 1. The fourth-order valence-corrected chi connectivity index (χ4v) is 5.01. The molecule has 0 aliphatic heterocycles. The number of hydrogen-bond donors (Lipinski definition) is 2. The Morgan fingerprint density at radius 3 is 2.30 bits per heavy atom. The van der Waals surface area contributed by atoms with E-state index in [1.807, 2.05) is 55.5 Å². The van der Waals surface area contributed by atoms with Crippen LogP contribution in [0.1, 0.15) is 51.1 Å². The summed E-state index contributed by atoms with van der Waals surface area (Å²) in [5.74, 6) is 0.620. The number of aryl methyl sites for hydroxylation is 1. The zero-order chi connectivity index (χ0) is 23.4. The second-order valence-corrected chi connectivity index (χ2v) is 9.06. The van der Waals surface area contributed by atoms with Crippen LogP contribution in [-0.4, -0.2) is 34.7 Å². The topological polar surface area (TPSA) is 84.3 Å². The molecule has 0 bridgehead atoms. The first-order valence-electron chi connectivity index (χ1n) is 10.9. The number of rotatable bonds is 9. The maximum Gasteiger partial charge on any atom is 0.346 e. The Morgan fingerprint density at radius 1 is 1.06 bits per heavy atom. The molecule has 2 heterocycles. The highest BCUT2D eigenvalue weighted by Gasteiger charge is 2.22. The number of aromatic carboxylic acids is 1. The predicted molar refractivity (Wildman–Crippen MR) is 132 cm³/mol. The Hall–Kier alpha value is -3.29. The van der Waals surface area contributed by atoms with Gasteiger partial charge in [0.05, 0.1) is 11.5 Å². The van der Waals surface area contributed by atoms with Gasteiger partial charge in [-0.05, 0) is 29.5 Å². The van der Waals surface area contributed by atoms with Gasteiger partial charge < -0.3 is 15.2 Å². The first-order valence-corrected chi connectivity index (χ1v) is 11.7. The first-order chi connectivity index (χ1) is 16.0. The third-order valence-electron chi connectivity index (χ3n) is 5.80. The molecule has 4 rings (SSSR count). The Balaban J connectivity index is 1.68. The molecule has 0 aliphatic rings. The average Bonchev–Trinajstić information content (AvgIpc) is 3.17. The van der Waals surface area contributed by atoms with Gasteiger partial charge in [-0.25, -0.2) is 14.8 Å². The van der Waals surface area contributed by atoms with Crippen molar-refractivity contribution in [1.29, 1.82) is 0 Å². The fraction of sp³-hybridized carbons (Fsp3) is 0.269. The number of nitrogens with zero attached hydrogens (tertiary/aromatic N) is 2. The number of thiophene rings is 1. The van der Waals surface area contributed by atoms with Gasteiger partial charge in [-0.15, -0.1) is 11.3 Å². The summed E-state index contributed by atoms with van der Waals surface area (Å²) in [6.45, 7) is 4.46. The number of ether oxygens (including phenoxy) is 1. The monoisotopic (exact) mass is 461 g/mol. The largest absolute Gasteiger partial charge is 0.477 e. The number of carboxylic acid groups (broad SMARTS) is 1. The number of fused-ring (bicyclic) bond motifs is 1. The number of nitrogens with one attached hydrogen (secondary N) is 1. The van der Waals surface area contributed by atoms with E-state index in [0.29, 0.717) is 39.9 Å². The minimum absolute atomic E-state index is 0.166. The standard InChI is InChI=1S/C26H27N3O3S/c1-16(18-10-6-4-7-11-18)14-21-28-24(22-17(2)23(26(30)31)33-25(22)29-21)27-15-20(32-3)19-12-8-5-9-13-19/h4-13,16,20H,14-15H2,1-3H3,(H,30,31)(H,27,28,29)/t16-,20-/m0/s1. The lowest BCUT2D eigenvalue weighted by Gasteiger charge is -2.18. The molecule has 2 atom stereocenters. The van der Waals surface area contributed by atoms with Gasteiger partial charge in [-0.3, -0.25) is 0 Å². The van der Waals surface area contributed by atoms with Crippen molar-refractivity contribution in [2.24, 2.45) is 0 Å². The molecule has 0 saturated heterocycles. The minimum Gasteiger partial charge on any atom is -0.477 e. The van der Waals surface area contributed by atoms with Crippen molar-refractivity contribution in [1.82, 2.24) is 9.97 Å². The van der Waals surface area contributed by atoms with Crippen LogP contribution in [0, 0.1) is 6.92 Å². The molecule has 2 aromatic heterocycles. The number of hydrogen-bond acceptors (Lipinski definition) is 6. The molecule has 6 nitrogen and oxygen atoms in total. The summed E-state index contributed by atoms with van der Waals surface area (Å²) < 4.78 is 5.70. The number of carboxylic acids is 1. The van der Waals surface area contributed by atoms with E-state index < -0.39 is 5.97 Å². The first kappa shape index (κ1) is 22.9. The maximum absolute atomic E-state index is 11.8. The van der Waals surface area contributed by atoms with Crippen molar-refractivity contribution in [2.75, 3.05) is 19.0 Å². The highest BCUT2D eigenvalue weighted by molar-refractivity contribution is 7.20. The Labute approximate surface area is 197 Å². The van der Waals surface area contributed by atoms with Gasteiger partial charge in [0.1, 0.15) is 21.3 Å². The second-order valence-electron chi connectivity index (χ2n) is 8.06. The molecule has 0 fully saturated rings. The van der Waals surface area contributed by atoms with Crippen LogP contribution in [0.4, 0.5) is 5.82 Å².